The van der Waals surface area contributed by atoms with Crippen molar-refractivity contribution < 1.29 is 27.5 Å². The third-order valence-electron chi connectivity index (χ3n) is 8.18. The monoisotopic (exact) mass is 625 g/mol. The standard InChI is InChI=1S/C34H35ClF3N3O3/c1-22(39-21-30(44-33(43)34(36,37)38)25-9-5-10-27(35)19-25)17-26-20-40-31-28(26)11-6-12-29(31)32(42)41-15-13-24(14-16-41)18-23-7-3-2-4-8-23/h2-12,19-20,22,24,30,39-40H,13-18,21H2,1H3/t22-,30+/m1/s1. The lowest BCUT2D eigenvalue weighted by Crippen LogP contribution is -2.39. The third kappa shape index (κ3) is 7.81. The molecule has 5 rings (SSSR count). The molecule has 0 spiro atoms. The van der Waals surface area contributed by atoms with E-state index in [1.807, 2.05) is 42.3 Å². The second-order valence-electron chi connectivity index (χ2n) is 11.4. The van der Waals surface area contributed by atoms with Crippen molar-refractivity contribution >= 4 is 34.4 Å². The number of likely N-dealkylation sites (tertiary alicyclic amines) is 1. The van der Waals surface area contributed by atoms with Crippen LogP contribution in [-0.2, 0) is 22.4 Å². The van der Waals surface area contributed by atoms with Crippen molar-refractivity contribution in [3.63, 3.8) is 0 Å². The van der Waals surface area contributed by atoms with E-state index in [-0.39, 0.29) is 18.5 Å². The Labute approximate surface area is 259 Å². The molecule has 1 aliphatic rings. The van der Waals surface area contributed by atoms with Gasteiger partial charge in [0, 0.05) is 42.3 Å². The number of benzene rings is 3. The zero-order chi connectivity index (χ0) is 31.3. The summed E-state index contributed by atoms with van der Waals surface area (Å²) in [7, 11) is 0. The summed E-state index contributed by atoms with van der Waals surface area (Å²) in [5.74, 6) is -1.70. The molecule has 0 saturated carbocycles. The maximum Gasteiger partial charge on any atom is 0.490 e. The second-order valence-corrected chi connectivity index (χ2v) is 11.9. The fourth-order valence-corrected chi connectivity index (χ4v) is 6.06. The summed E-state index contributed by atoms with van der Waals surface area (Å²) < 4.78 is 43.7. The van der Waals surface area contributed by atoms with E-state index in [9.17, 15) is 22.8 Å². The Hall–Kier alpha value is -3.82. The van der Waals surface area contributed by atoms with E-state index >= 15 is 0 Å². The van der Waals surface area contributed by atoms with Crippen LogP contribution in [0.25, 0.3) is 10.9 Å². The van der Waals surface area contributed by atoms with E-state index in [1.165, 1.54) is 11.6 Å². The van der Waals surface area contributed by atoms with Crippen molar-refractivity contribution in [1.82, 2.24) is 15.2 Å². The molecule has 0 radical (unpaired) electrons. The van der Waals surface area contributed by atoms with Gasteiger partial charge in [0.25, 0.3) is 5.91 Å². The maximum absolute atomic E-state index is 13.6. The number of para-hydroxylation sites is 1. The van der Waals surface area contributed by atoms with Crippen LogP contribution in [0.5, 0.6) is 0 Å². The number of nitrogens with zero attached hydrogens (tertiary/aromatic N) is 1. The molecule has 2 heterocycles. The van der Waals surface area contributed by atoms with Gasteiger partial charge in [-0.3, -0.25) is 4.79 Å². The Morgan fingerprint density at radius 2 is 1.77 bits per heavy atom. The number of fused-ring (bicyclic) bond motifs is 1. The van der Waals surface area contributed by atoms with E-state index in [0.717, 1.165) is 35.7 Å². The van der Waals surface area contributed by atoms with Gasteiger partial charge in [-0.2, -0.15) is 13.2 Å². The Kier molecular flexibility index (Phi) is 9.96. The molecule has 1 fully saturated rings. The topological polar surface area (TPSA) is 74.4 Å². The molecule has 232 valence electrons. The van der Waals surface area contributed by atoms with E-state index < -0.39 is 18.2 Å². The molecule has 2 atom stereocenters. The van der Waals surface area contributed by atoms with Gasteiger partial charge < -0.3 is 19.9 Å². The molecule has 3 aromatic carbocycles. The first kappa shape index (κ1) is 31.6. The van der Waals surface area contributed by atoms with E-state index in [4.69, 9.17) is 16.3 Å². The second kappa shape index (κ2) is 13.9. The summed E-state index contributed by atoms with van der Waals surface area (Å²) in [6, 6.07) is 22.1. The van der Waals surface area contributed by atoms with Gasteiger partial charge in [-0.15, -0.1) is 0 Å². The van der Waals surface area contributed by atoms with Crippen LogP contribution >= 0.6 is 11.6 Å². The zero-order valence-electron chi connectivity index (χ0n) is 24.4. The number of carbonyl (C=O) groups excluding carboxylic acids is 2. The van der Waals surface area contributed by atoms with Crippen LogP contribution in [0.3, 0.4) is 0 Å². The van der Waals surface area contributed by atoms with Crippen molar-refractivity contribution in [2.75, 3.05) is 19.6 Å². The van der Waals surface area contributed by atoms with Gasteiger partial charge >= 0.3 is 12.1 Å². The van der Waals surface area contributed by atoms with E-state index in [0.29, 0.717) is 41.6 Å². The van der Waals surface area contributed by atoms with Crippen LogP contribution in [0.4, 0.5) is 13.2 Å². The Morgan fingerprint density at radius 3 is 2.48 bits per heavy atom. The third-order valence-corrected chi connectivity index (χ3v) is 8.41. The van der Waals surface area contributed by atoms with Crippen LogP contribution in [0.2, 0.25) is 5.02 Å². The lowest BCUT2D eigenvalue weighted by molar-refractivity contribution is -0.205. The number of alkyl halides is 3. The highest BCUT2D eigenvalue weighted by molar-refractivity contribution is 6.30. The molecule has 1 saturated heterocycles. The Morgan fingerprint density at radius 1 is 1.05 bits per heavy atom. The van der Waals surface area contributed by atoms with Crippen molar-refractivity contribution in [3.05, 3.63) is 106 Å². The number of piperidine rings is 1. The maximum atomic E-state index is 13.6. The number of hydrogen-bond acceptors (Lipinski definition) is 4. The zero-order valence-corrected chi connectivity index (χ0v) is 25.1. The normalized spacial score (nSPS) is 15.7. The van der Waals surface area contributed by atoms with Crippen LogP contribution in [-0.4, -0.2) is 53.6 Å². The molecule has 1 amide bonds. The molecular formula is C34H35ClF3N3O3. The Balaban J connectivity index is 1.22. The summed E-state index contributed by atoms with van der Waals surface area (Å²) >= 11 is 6.04. The number of halogens is 4. The summed E-state index contributed by atoms with van der Waals surface area (Å²) in [6.07, 6.45) is -0.958. The molecule has 0 bridgehead atoms. The van der Waals surface area contributed by atoms with Crippen molar-refractivity contribution in [3.8, 4) is 0 Å². The molecule has 6 nitrogen and oxygen atoms in total. The number of hydrogen-bond donors (Lipinski definition) is 2. The van der Waals surface area contributed by atoms with Crippen LogP contribution in [0, 0.1) is 5.92 Å². The molecule has 4 aromatic rings. The van der Waals surface area contributed by atoms with Crippen LogP contribution in [0.15, 0.2) is 79.0 Å². The number of carbonyl (C=O) groups is 2. The molecule has 44 heavy (non-hydrogen) atoms. The molecule has 1 aliphatic heterocycles. The van der Waals surface area contributed by atoms with Crippen molar-refractivity contribution in [2.45, 2.75) is 50.9 Å². The summed E-state index contributed by atoms with van der Waals surface area (Å²) in [5, 5.41) is 4.43. The summed E-state index contributed by atoms with van der Waals surface area (Å²) in [4.78, 5) is 30.4. The van der Waals surface area contributed by atoms with Gasteiger partial charge in [0.2, 0.25) is 0 Å². The first-order chi connectivity index (χ1) is 21.1. The van der Waals surface area contributed by atoms with Crippen molar-refractivity contribution in [2.24, 2.45) is 5.92 Å². The predicted octanol–water partition coefficient (Wildman–Crippen LogP) is 7.28. The number of amides is 1. The molecule has 0 unspecified atom stereocenters. The highest BCUT2D eigenvalue weighted by Crippen LogP contribution is 2.28. The molecular weight excluding hydrogens is 591 g/mol. The molecule has 10 heteroatoms. The average Bonchev–Trinajstić information content (AvgIpc) is 3.42. The smallest absolute Gasteiger partial charge is 0.449 e. The van der Waals surface area contributed by atoms with Gasteiger partial charge in [0.05, 0.1) is 11.1 Å². The number of H-pyrrole nitrogens is 1. The number of rotatable bonds is 10. The van der Waals surface area contributed by atoms with Crippen LogP contribution < -0.4 is 5.32 Å². The first-order valence-corrected chi connectivity index (χ1v) is 15.1. The largest absolute Gasteiger partial charge is 0.490 e. The summed E-state index contributed by atoms with van der Waals surface area (Å²) in [5.41, 5.74) is 4.03. The van der Waals surface area contributed by atoms with Crippen LogP contribution in [0.1, 0.15) is 52.9 Å². The number of esters is 1. The number of aromatic nitrogens is 1. The SMILES string of the molecule is C[C@H](Cc1c[nH]c2c(C(=O)N3CCC(Cc4ccccc4)CC3)cccc12)NC[C@H](OC(=O)C(F)(F)F)c1cccc(Cl)c1. The fourth-order valence-electron chi connectivity index (χ4n) is 5.86. The Bertz CT molecular complexity index is 1580. The lowest BCUT2D eigenvalue weighted by Gasteiger charge is -2.32. The number of aromatic amines is 1. The first-order valence-electron chi connectivity index (χ1n) is 14.8. The van der Waals surface area contributed by atoms with Gasteiger partial charge in [0.1, 0.15) is 6.10 Å². The number of ether oxygens (including phenoxy) is 1. The molecule has 1 aromatic heterocycles. The van der Waals surface area contributed by atoms with E-state index in [2.05, 4.69) is 34.6 Å². The van der Waals surface area contributed by atoms with Gasteiger partial charge in [-0.25, -0.2) is 4.79 Å². The van der Waals surface area contributed by atoms with Crippen molar-refractivity contribution in [1.29, 1.82) is 0 Å². The number of nitrogens with one attached hydrogen (secondary N) is 2. The van der Waals surface area contributed by atoms with Gasteiger partial charge in [-0.05, 0) is 73.4 Å². The highest BCUT2D eigenvalue weighted by Gasteiger charge is 2.42. The predicted molar refractivity (Wildman–Crippen MR) is 165 cm³/mol. The fraction of sp³-hybridized carbons (Fsp3) is 0.353. The summed E-state index contributed by atoms with van der Waals surface area (Å²) in [6.45, 7) is 3.28. The average molecular weight is 626 g/mol. The minimum atomic E-state index is -5.11. The lowest BCUT2D eigenvalue weighted by atomic mass is 9.90. The van der Waals surface area contributed by atoms with Gasteiger partial charge in [0.15, 0.2) is 0 Å². The minimum Gasteiger partial charge on any atom is -0.449 e. The minimum absolute atomic E-state index is 0.00387. The van der Waals surface area contributed by atoms with E-state index in [1.54, 1.807) is 18.2 Å². The quantitative estimate of drug-likeness (QED) is 0.182. The molecule has 0 aliphatic carbocycles. The van der Waals surface area contributed by atoms with Gasteiger partial charge in [-0.1, -0.05) is 66.2 Å². The highest BCUT2D eigenvalue weighted by atomic mass is 35.5. The molecule has 2 N–H and O–H groups in total.